The first-order chi connectivity index (χ1) is 14.3. The molecular weight excluding hydrogens is 374 g/mol. The lowest BCUT2D eigenvalue weighted by Crippen LogP contribution is -2.06. The summed E-state index contributed by atoms with van der Waals surface area (Å²) in [5.41, 5.74) is 4.67. The molecule has 5 rings (SSSR count). The second-order valence-corrected chi connectivity index (χ2v) is 8.38. The topological polar surface area (TPSA) is 21.6 Å². The Bertz CT molecular complexity index is 1190. The maximum atomic E-state index is 5.33. The summed E-state index contributed by atoms with van der Waals surface area (Å²) in [5, 5.41) is 2.90. The Morgan fingerprint density at radius 3 is 2.45 bits per heavy atom. The lowest BCUT2D eigenvalue weighted by atomic mass is 9.97. The zero-order chi connectivity index (χ0) is 19.6. The van der Waals surface area contributed by atoms with Crippen molar-refractivity contribution in [3.63, 3.8) is 0 Å². The highest BCUT2D eigenvalue weighted by Gasteiger charge is 2.23. The number of para-hydroxylation sites is 1. The minimum atomic E-state index is 0.297. The molecule has 1 atom stereocenters. The van der Waals surface area contributed by atoms with E-state index in [0.717, 1.165) is 29.1 Å². The van der Waals surface area contributed by atoms with E-state index in [4.69, 9.17) is 9.73 Å². The maximum Gasteiger partial charge on any atom is 0.118 e. The van der Waals surface area contributed by atoms with Crippen LogP contribution in [0, 0.1) is 0 Å². The normalized spacial score (nSPS) is 16.0. The third-order valence-corrected chi connectivity index (χ3v) is 6.67. The largest absolute Gasteiger partial charge is 0.497 e. The van der Waals surface area contributed by atoms with Crippen molar-refractivity contribution in [2.24, 2.45) is 4.99 Å². The highest BCUT2D eigenvalue weighted by Crippen LogP contribution is 2.47. The first kappa shape index (κ1) is 18.0. The van der Waals surface area contributed by atoms with Crippen LogP contribution in [-0.2, 0) is 0 Å². The third-order valence-electron chi connectivity index (χ3n) is 5.36. The van der Waals surface area contributed by atoms with E-state index in [1.165, 1.54) is 21.2 Å². The predicted molar refractivity (Wildman–Crippen MR) is 123 cm³/mol. The van der Waals surface area contributed by atoms with Gasteiger partial charge in [0.05, 0.1) is 12.8 Å². The smallest absolute Gasteiger partial charge is 0.118 e. The van der Waals surface area contributed by atoms with Crippen molar-refractivity contribution < 1.29 is 4.74 Å². The average Bonchev–Trinajstić information content (AvgIpc) is 2.98. The van der Waals surface area contributed by atoms with Gasteiger partial charge in [0.1, 0.15) is 5.75 Å². The Labute approximate surface area is 175 Å². The summed E-state index contributed by atoms with van der Waals surface area (Å²) >= 11 is 1.91. The van der Waals surface area contributed by atoms with Gasteiger partial charge in [0, 0.05) is 22.3 Å². The first-order valence-electron chi connectivity index (χ1n) is 9.77. The molecule has 2 nitrogen and oxygen atoms in total. The second kappa shape index (κ2) is 7.76. The summed E-state index contributed by atoms with van der Waals surface area (Å²) in [6, 6.07) is 31.9. The number of hydrogen-bond acceptors (Lipinski definition) is 3. The Morgan fingerprint density at radius 1 is 0.828 bits per heavy atom. The number of hydrogen-bond donors (Lipinski definition) is 0. The molecule has 0 radical (unpaired) electrons. The molecule has 0 aromatic heterocycles. The molecule has 0 saturated carbocycles. The summed E-state index contributed by atoms with van der Waals surface area (Å²) in [4.78, 5) is 6.31. The SMILES string of the molecule is COc1ccc(C2=Nc3ccccc3S[C@@H](c3cccc4ccccc34)C2)cc1. The van der Waals surface area contributed by atoms with Crippen LogP contribution < -0.4 is 4.74 Å². The molecule has 0 amide bonds. The lowest BCUT2D eigenvalue weighted by molar-refractivity contribution is 0.415. The van der Waals surface area contributed by atoms with Crippen molar-refractivity contribution in [1.29, 1.82) is 0 Å². The molecular formula is C26H21NOS. The fourth-order valence-electron chi connectivity index (χ4n) is 3.88. The van der Waals surface area contributed by atoms with Crippen molar-refractivity contribution in [3.8, 4) is 5.75 Å². The van der Waals surface area contributed by atoms with Crippen LogP contribution in [-0.4, -0.2) is 12.8 Å². The van der Waals surface area contributed by atoms with Crippen molar-refractivity contribution in [2.75, 3.05) is 7.11 Å². The van der Waals surface area contributed by atoms with Gasteiger partial charge in [-0.1, -0.05) is 54.6 Å². The molecule has 0 spiro atoms. The second-order valence-electron chi connectivity index (χ2n) is 7.13. The van der Waals surface area contributed by atoms with E-state index >= 15 is 0 Å². The summed E-state index contributed by atoms with van der Waals surface area (Å²) in [7, 11) is 1.70. The number of thioether (sulfide) groups is 1. The third kappa shape index (κ3) is 3.54. The Balaban J connectivity index is 1.63. The van der Waals surface area contributed by atoms with Gasteiger partial charge in [-0.05, 0) is 58.3 Å². The molecule has 4 aromatic rings. The molecule has 3 heteroatoms. The minimum Gasteiger partial charge on any atom is -0.497 e. The van der Waals surface area contributed by atoms with E-state index in [0.29, 0.717) is 5.25 Å². The van der Waals surface area contributed by atoms with E-state index in [1.54, 1.807) is 7.11 Å². The highest BCUT2D eigenvalue weighted by atomic mass is 32.2. The Morgan fingerprint density at radius 2 is 1.59 bits per heavy atom. The summed E-state index contributed by atoms with van der Waals surface area (Å²) < 4.78 is 5.33. The van der Waals surface area contributed by atoms with Crippen LogP contribution in [0.4, 0.5) is 5.69 Å². The van der Waals surface area contributed by atoms with Gasteiger partial charge in [-0.2, -0.15) is 0 Å². The molecule has 0 N–H and O–H groups in total. The maximum absolute atomic E-state index is 5.33. The number of ether oxygens (including phenoxy) is 1. The van der Waals surface area contributed by atoms with Crippen molar-refractivity contribution in [2.45, 2.75) is 16.6 Å². The van der Waals surface area contributed by atoms with Gasteiger partial charge in [-0.25, -0.2) is 0 Å². The van der Waals surface area contributed by atoms with Gasteiger partial charge in [0.2, 0.25) is 0 Å². The Kier molecular flexibility index (Phi) is 4.82. The van der Waals surface area contributed by atoms with Crippen molar-refractivity contribution in [1.82, 2.24) is 0 Å². The van der Waals surface area contributed by atoms with E-state index in [1.807, 2.05) is 23.9 Å². The fourth-order valence-corrected chi connectivity index (χ4v) is 5.15. The van der Waals surface area contributed by atoms with E-state index in [-0.39, 0.29) is 0 Å². The molecule has 4 aromatic carbocycles. The molecule has 1 aliphatic heterocycles. The van der Waals surface area contributed by atoms with Gasteiger partial charge in [0.25, 0.3) is 0 Å². The number of aliphatic imine (C=N–C) groups is 1. The molecule has 1 heterocycles. The van der Waals surface area contributed by atoms with Gasteiger partial charge in [0.15, 0.2) is 0 Å². The lowest BCUT2D eigenvalue weighted by Gasteiger charge is -2.18. The van der Waals surface area contributed by atoms with Gasteiger partial charge in [-0.3, -0.25) is 4.99 Å². The zero-order valence-electron chi connectivity index (χ0n) is 16.2. The van der Waals surface area contributed by atoms with Crippen LogP contribution in [0.2, 0.25) is 0 Å². The van der Waals surface area contributed by atoms with E-state index < -0.39 is 0 Å². The van der Waals surface area contributed by atoms with Gasteiger partial charge in [-0.15, -0.1) is 11.8 Å². The summed E-state index contributed by atoms with van der Waals surface area (Å²) in [5.74, 6) is 0.864. The average molecular weight is 396 g/mol. The molecule has 1 aliphatic rings. The standard InChI is InChI=1S/C26H21NOS/c1-28-20-15-13-19(14-16-20)24-17-26(29-25-12-5-4-11-23(25)27-24)22-10-6-8-18-7-2-3-9-21(18)22/h2-16,26H,17H2,1H3/t26-/m1/s1. The molecule has 0 unspecified atom stereocenters. The predicted octanol–water partition coefficient (Wildman–Crippen LogP) is 7.21. The van der Waals surface area contributed by atoms with Crippen LogP contribution >= 0.6 is 11.8 Å². The molecule has 0 saturated heterocycles. The van der Waals surface area contributed by atoms with E-state index in [2.05, 4.69) is 78.9 Å². The van der Waals surface area contributed by atoms with Crippen LogP contribution in [0.5, 0.6) is 5.75 Å². The van der Waals surface area contributed by atoms with Crippen LogP contribution in [0.1, 0.15) is 22.8 Å². The van der Waals surface area contributed by atoms with Crippen LogP contribution in [0.25, 0.3) is 10.8 Å². The Hall–Kier alpha value is -3.04. The molecule has 0 bridgehead atoms. The molecule has 142 valence electrons. The highest BCUT2D eigenvalue weighted by molar-refractivity contribution is 7.99. The molecule has 0 fully saturated rings. The van der Waals surface area contributed by atoms with Crippen LogP contribution in [0.15, 0.2) is 101 Å². The van der Waals surface area contributed by atoms with E-state index in [9.17, 15) is 0 Å². The van der Waals surface area contributed by atoms with Gasteiger partial charge < -0.3 is 4.74 Å². The molecule has 0 aliphatic carbocycles. The van der Waals surface area contributed by atoms with Crippen LogP contribution in [0.3, 0.4) is 0 Å². The number of rotatable bonds is 3. The quantitative estimate of drug-likeness (QED) is 0.366. The van der Waals surface area contributed by atoms with Crippen molar-refractivity contribution >= 4 is 33.9 Å². The number of nitrogens with zero attached hydrogens (tertiary/aromatic N) is 1. The van der Waals surface area contributed by atoms with Gasteiger partial charge >= 0.3 is 0 Å². The monoisotopic (exact) mass is 395 g/mol. The number of methoxy groups -OCH3 is 1. The fraction of sp³-hybridized carbons (Fsp3) is 0.115. The zero-order valence-corrected chi connectivity index (χ0v) is 17.0. The summed E-state index contributed by atoms with van der Waals surface area (Å²) in [6.07, 6.45) is 0.875. The number of benzene rings is 4. The summed E-state index contributed by atoms with van der Waals surface area (Å²) in [6.45, 7) is 0. The van der Waals surface area contributed by atoms with Crippen molar-refractivity contribution in [3.05, 3.63) is 102 Å². The molecule has 29 heavy (non-hydrogen) atoms. The first-order valence-corrected chi connectivity index (χ1v) is 10.6. The number of fused-ring (bicyclic) bond motifs is 2. The minimum absolute atomic E-state index is 0.297.